The summed E-state index contributed by atoms with van der Waals surface area (Å²) in [5.41, 5.74) is 3.58. The highest BCUT2D eigenvalue weighted by Gasteiger charge is 2.22. The van der Waals surface area contributed by atoms with Crippen molar-refractivity contribution in [2.75, 3.05) is 13.7 Å². The maximum absolute atomic E-state index is 11.8. The molecule has 0 bridgehead atoms. The number of carbonyl (C=O) groups excluding carboxylic acids is 1. The molecule has 0 spiro atoms. The van der Waals surface area contributed by atoms with E-state index in [9.17, 15) is 9.59 Å². The fraction of sp³-hybridized carbons (Fsp3) is 0.250. The smallest absolute Gasteiger partial charge is 0.220 e. The number of ether oxygens (including phenoxy) is 1. The van der Waals surface area contributed by atoms with E-state index in [0.717, 1.165) is 22.4 Å². The number of nitrogens with one attached hydrogen (secondary N) is 1. The summed E-state index contributed by atoms with van der Waals surface area (Å²) in [4.78, 5) is 28.1. The predicted molar refractivity (Wildman–Crippen MR) is 99.4 cm³/mol. The quantitative estimate of drug-likeness (QED) is 0.896. The molecular weight excluding hydrogens is 332 g/mol. The number of rotatable bonds is 5. The predicted octanol–water partition coefficient (Wildman–Crippen LogP) is 2.35. The Morgan fingerprint density at radius 1 is 1.12 bits per heavy atom. The first kappa shape index (κ1) is 17.7. The molecule has 134 valence electrons. The largest absolute Gasteiger partial charge is 0.493 e. The van der Waals surface area contributed by atoms with Gasteiger partial charge in [0.25, 0.3) is 0 Å². The summed E-state index contributed by atoms with van der Waals surface area (Å²) in [6, 6.07) is 14.7. The van der Waals surface area contributed by atoms with Gasteiger partial charge in [-0.25, -0.2) is 0 Å². The fourth-order valence-corrected chi connectivity index (χ4v) is 2.73. The van der Waals surface area contributed by atoms with Gasteiger partial charge in [0, 0.05) is 13.3 Å². The molecule has 0 saturated heterocycles. The number of amides is 1. The van der Waals surface area contributed by atoms with E-state index in [2.05, 4.69) is 10.5 Å². The van der Waals surface area contributed by atoms with Gasteiger partial charge in [-0.15, -0.1) is 0 Å². The standard InChI is InChI=1S/C20H20N2O4/c1-13(23)21-12-17-11-18(22-26-17)16-5-3-14(4-6-16)15-7-9-19(24)20(25-2)10-8-15/h3-10,17H,11-12H2,1-2H3,(H,21,23). The molecule has 1 amide bonds. The molecule has 0 aliphatic carbocycles. The molecule has 1 N–H and O–H groups in total. The molecule has 1 unspecified atom stereocenters. The average molecular weight is 352 g/mol. The van der Waals surface area contributed by atoms with E-state index in [1.807, 2.05) is 30.3 Å². The topological polar surface area (TPSA) is 77.0 Å². The number of carbonyl (C=O) groups is 1. The first-order valence-electron chi connectivity index (χ1n) is 8.33. The summed E-state index contributed by atoms with van der Waals surface area (Å²) in [5, 5.41) is 6.85. The molecule has 6 nitrogen and oxygen atoms in total. The van der Waals surface area contributed by atoms with Gasteiger partial charge in [-0.2, -0.15) is 0 Å². The molecule has 1 atom stereocenters. The zero-order chi connectivity index (χ0) is 18.5. The highest BCUT2D eigenvalue weighted by molar-refractivity contribution is 6.01. The number of methoxy groups -OCH3 is 1. The van der Waals surface area contributed by atoms with Gasteiger partial charge in [-0.1, -0.05) is 41.6 Å². The summed E-state index contributed by atoms with van der Waals surface area (Å²) < 4.78 is 5.06. The van der Waals surface area contributed by atoms with Crippen molar-refractivity contribution in [3.8, 4) is 16.9 Å². The van der Waals surface area contributed by atoms with Crippen LogP contribution in [0.15, 0.2) is 58.5 Å². The molecule has 2 aromatic rings. The maximum atomic E-state index is 11.8. The van der Waals surface area contributed by atoms with Gasteiger partial charge in [0.05, 0.1) is 19.4 Å². The minimum Gasteiger partial charge on any atom is -0.493 e. The number of hydrogen-bond acceptors (Lipinski definition) is 5. The van der Waals surface area contributed by atoms with Gasteiger partial charge in [-0.05, 0) is 28.8 Å². The number of oxime groups is 1. The highest BCUT2D eigenvalue weighted by atomic mass is 16.6. The normalized spacial score (nSPS) is 15.8. The van der Waals surface area contributed by atoms with E-state index in [-0.39, 0.29) is 17.4 Å². The van der Waals surface area contributed by atoms with Crippen LogP contribution in [0.5, 0.6) is 5.75 Å². The summed E-state index contributed by atoms with van der Waals surface area (Å²) in [5.74, 6) is 0.232. The van der Waals surface area contributed by atoms with Gasteiger partial charge in [0.2, 0.25) is 11.3 Å². The van der Waals surface area contributed by atoms with Crippen LogP contribution in [0.2, 0.25) is 0 Å². The average Bonchev–Trinajstić information content (AvgIpc) is 3.04. The van der Waals surface area contributed by atoms with Crippen LogP contribution < -0.4 is 15.5 Å². The number of nitrogens with zero attached hydrogens (tertiary/aromatic N) is 1. The van der Waals surface area contributed by atoms with Crippen molar-refractivity contribution in [2.45, 2.75) is 19.4 Å². The first-order valence-corrected chi connectivity index (χ1v) is 8.33. The van der Waals surface area contributed by atoms with Gasteiger partial charge in [-0.3, -0.25) is 9.59 Å². The molecule has 0 radical (unpaired) electrons. The Bertz CT molecular complexity index is 891. The maximum Gasteiger partial charge on any atom is 0.220 e. The molecule has 1 aliphatic heterocycles. The van der Waals surface area contributed by atoms with E-state index in [4.69, 9.17) is 9.57 Å². The van der Waals surface area contributed by atoms with Crippen LogP contribution >= 0.6 is 0 Å². The fourth-order valence-electron chi connectivity index (χ4n) is 2.73. The molecule has 3 rings (SSSR count). The second-order valence-corrected chi connectivity index (χ2v) is 6.04. The Kier molecular flexibility index (Phi) is 5.31. The lowest BCUT2D eigenvalue weighted by molar-refractivity contribution is -0.119. The minimum atomic E-state index is -0.155. The van der Waals surface area contributed by atoms with Crippen molar-refractivity contribution >= 4 is 11.6 Å². The minimum absolute atomic E-state index is 0.0831. The molecule has 2 aromatic carbocycles. The summed E-state index contributed by atoms with van der Waals surface area (Å²) in [6.45, 7) is 1.92. The zero-order valence-electron chi connectivity index (χ0n) is 14.7. The van der Waals surface area contributed by atoms with Gasteiger partial charge >= 0.3 is 0 Å². The second-order valence-electron chi connectivity index (χ2n) is 6.04. The Hall–Kier alpha value is -3.15. The third-order valence-electron chi connectivity index (χ3n) is 4.15. The van der Waals surface area contributed by atoms with Crippen molar-refractivity contribution in [3.63, 3.8) is 0 Å². The molecule has 0 aromatic heterocycles. The van der Waals surface area contributed by atoms with Crippen LogP contribution in [-0.4, -0.2) is 31.4 Å². The van der Waals surface area contributed by atoms with Crippen molar-refractivity contribution in [1.82, 2.24) is 5.32 Å². The molecule has 1 aliphatic rings. The van der Waals surface area contributed by atoms with E-state index in [1.165, 1.54) is 20.1 Å². The Morgan fingerprint density at radius 2 is 1.73 bits per heavy atom. The third-order valence-corrected chi connectivity index (χ3v) is 4.15. The molecule has 1 heterocycles. The van der Waals surface area contributed by atoms with Crippen molar-refractivity contribution < 1.29 is 14.4 Å². The molecule has 26 heavy (non-hydrogen) atoms. The van der Waals surface area contributed by atoms with Crippen LogP contribution in [0, 0.1) is 0 Å². The first-order chi connectivity index (χ1) is 12.6. The van der Waals surface area contributed by atoms with Crippen LogP contribution in [0.1, 0.15) is 18.9 Å². The second kappa shape index (κ2) is 7.82. The van der Waals surface area contributed by atoms with Crippen LogP contribution in [0.25, 0.3) is 11.1 Å². The Labute approximate surface area is 151 Å². The van der Waals surface area contributed by atoms with Crippen molar-refractivity contribution in [2.24, 2.45) is 5.16 Å². The van der Waals surface area contributed by atoms with Crippen molar-refractivity contribution in [1.29, 1.82) is 0 Å². The lowest BCUT2D eigenvalue weighted by atomic mass is 10.0. The van der Waals surface area contributed by atoms with Crippen LogP contribution in [0.4, 0.5) is 0 Å². The molecule has 6 heteroatoms. The SMILES string of the molecule is COc1ccc(-c2ccc(C3=NOC(CNC(C)=O)C3)cc2)ccc1=O. The lowest BCUT2D eigenvalue weighted by Crippen LogP contribution is -2.30. The van der Waals surface area contributed by atoms with E-state index >= 15 is 0 Å². The zero-order valence-corrected chi connectivity index (χ0v) is 14.7. The van der Waals surface area contributed by atoms with Gasteiger partial charge in [0.1, 0.15) is 6.10 Å². The van der Waals surface area contributed by atoms with E-state index < -0.39 is 0 Å². The monoisotopic (exact) mass is 352 g/mol. The van der Waals surface area contributed by atoms with E-state index in [1.54, 1.807) is 12.1 Å². The molecule has 0 saturated carbocycles. The third kappa shape index (κ3) is 4.08. The lowest BCUT2D eigenvalue weighted by Gasteiger charge is -2.07. The summed E-state index contributed by atoms with van der Waals surface area (Å²) >= 11 is 0. The van der Waals surface area contributed by atoms with E-state index in [0.29, 0.717) is 18.7 Å². The van der Waals surface area contributed by atoms with Crippen LogP contribution in [-0.2, 0) is 9.63 Å². The number of benzene rings is 1. The Balaban J connectivity index is 1.73. The van der Waals surface area contributed by atoms with Gasteiger partial charge < -0.3 is 14.9 Å². The summed E-state index contributed by atoms with van der Waals surface area (Å²) in [7, 11) is 1.48. The molecular formula is C20H20N2O4. The number of hydrogen-bond donors (Lipinski definition) is 1. The Morgan fingerprint density at radius 3 is 2.38 bits per heavy atom. The van der Waals surface area contributed by atoms with Crippen LogP contribution in [0.3, 0.4) is 0 Å². The van der Waals surface area contributed by atoms with Crippen molar-refractivity contribution in [3.05, 3.63) is 64.3 Å². The van der Waals surface area contributed by atoms with Gasteiger partial charge in [0.15, 0.2) is 5.75 Å². The molecule has 0 fully saturated rings. The summed E-state index contributed by atoms with van der Waals surface area (Å²) in [6.07, 6.45) is 0.515. The highest BCUT2D eigenvalue weighted by Crippen LogP contribution is 2.22.